The van der Waals surface area contributed by atoms with Crippen LogP contribution in [0.2, 0.25) is 0 Å². The third kappa shape index (κ3) is 5.76. The van der Waals surface area contributed by atoms with Gasteiger partial charge in [-0.05, 0) is 27.9 Å². The first-order chi connectivity index (χ1) is 8.02. The lowest BCUT2D eigenvalue weighted by Gasteiger charge is -2.27. The molecule has 0 saturated carbocycles. The molecule has 0 bridgehead atoms. The summed E-state index contributed by atoms with van der Waals surface area (Å²) >= 11 is 0. The average molecular weight is 282 g/mol. The summed E-state index contributed by atoms with van der Waals surface area (Å²) in [5.41, 5.74) is -1.22. The SMILES string of the molecule is COC(=O)C(C)S(=O)(=O)NCC(C)(O)CN(C)C. The van der Waals surface area contributed by atoms with Gasteiger partial charge in [-0.2, -0.15) is 0 Å². The second-order valence-corrected chi connectivity index (χ2v) is 6.85. The fourth-order valence-corrected chi connectivity index (χ4v) is 2.52. The largest absolute Gasteiger partial charge is 0.468 e. The van der Waals surface area contributed by atoms with Gasteiger partial charge in [-0.1, -0.05) is 0 Å². The van der Waals surface area contributed by atoms with E-state index in [1.807, 2.05) is 0 Å². The van der Waals surface area contributed by atoms with E-state index >= 15 is 0 Å². The summed E-state index contributed by atoms with van der Waals surface area (Å²) in [7, 11) is 0.806. The molecule has 7 nitrogen and oxygen atoms in total. The van der Waals surface area contributed by atoms with Crippen molar-refractivity contribution in [2.24, 2.45) is 0 Å². The van der Waals surface area contributed by atoms with Crippen LogP contribution in [0.1, 0.15) is 13.8 Å². The zero-order valence-electron chi connectivity index (χ0n) is 11.4. The fourth-order valence-electron chi connectivity index (χ4n) is 1.41. The Morgan fingerprint density at radius 3 is 2.39 bits per heavy atom. The molecular weight excluding hydrogens is 260 g/mol. The number of esters is 1. The minimum Gasteiger partial charge on any atom is -0.468 e. The number of nitrogens with zero attached hydrogens (tertiary/aromatic N) is 1. The Morgan fingerprint density at radius 1 is 1.50 bits per heavy atom. The van der Waals surface area contributed by atoms with Gasteiger partial charge in [-0.25, -0.2) is 13.1 Å². The van der Waals surface area contributed by atoms with Crippen molar-refractivity contribution >= 4 is 16.0 Å². The summed E-state index contributed by atoms with van der Waals surface area (Å²) in [5.74, 6) is -0.838. The lowest BCUT2D eigenvalue weighted by molar-refractivity contribution is -0.139. The molecule has 0 spiro atoms. The fraction of sp³-hybridized carbons (Fsp3) is 0.900. The maximum absolute atomic E-state index is 11.7. The van der Waals surface area contributed by atoms with Crippen LogP contribution in [0.4, 0.5) is 0 Å². The second-order valence-electron chi connectivity index (χ2n) is 4.77. The van der Waals surface area contributed by atoms with Crippen molar-refractivity contribution in [2.75, 3.05) is 34.3 Å². The summed E-state index contributed by atoms with van der Waals surface area (Å²) in [5, 5.41) is 8.63. The van der Waals surface area contributed by atoms with Gasteiger partial charge in [0.1, 0.15) is 0 Å². The van der Waals surface area contributed by atoms with Crippen LogP contribution in [0.15, 0.2) is 0 Å². The number of ether oxygens (including phenoxy) is 1. The van der Waals surface area contributed by atoms with Gasteiger partial charge in [-0.3, -0.25) is 4.79 Å². The molecular formula is C10H22N2O5S. The second kappa shape index (κ2) is 6.46. The summed E-state index contributed by atoms with van der Waals surface area (Å²) in [6, 6.07) is 0. The maximum Gasteiger partial charge on any atom is 0.325 e. The van der Waals surface area contributed by atoms with E-state index in [0.717, 1.165) is 7.11 Å². The molecule has 2 unspecified atom stereocenters. The van der Waals surface area contributed by atoms with Gasteiger partial charge in [0.25, 0.3) is 0 Å². The summed E-state index contributed by atoms with van der Waals surface area (Å²) in [6.07, 6.45) is 0. The molecule has 2 atom stereocenters. The summed E-state index contributed by atoms with van der Waals surface area (Å²) in [4.78, 5) is 12.9. The van der Waals surface area contributed by atoms with Crippen LogP contribution in [0.25, 0.3) is 0 Å². The molecule has 0 heterocycles. The molecule has 0 amide bonds. The van der Waals surface area contributed by atoms with Crippen molar-refractivity contribution in [1.82, 2.24) is 9.62 Å². The molecule has 0 radical (unpaired) electrons. The Hall–Kier alpha value is -0.700. The number of methoxy groups -OCH3 is 1. The Labute approximate surface area is 108 Å². The van der Waals surface area contributed by atoms with Gasteiger partial charge in [0.2, 0.25) is 10.0 Å². The molecule has 0 aromatic heterocycles. The predicted octanol–water partition coefficient (Wildman–Crippen LogP) is -1.22. The molecule has 0 rings (SSSR count). The van der Waals surface area contributed by atoms with Crippen LogP contribution in [0.5, 0.6) is 0 Å². The molecule has 0 aliphatic heterocycles. The lowest BCUT2D eigenvalue weighted by Crippen LogP contribution is -2.49. The molecule has 0 aliphatic carbocycles. The number of likely N-dealkylation sites (N-methyl/N-ethyl adjacent to an activating group) is 1. The molecule has 0 aliphatic rings. The molecule has 0 aromatic rings. The number of carbonyl (C=O) groups is 1. The van der Waals surface area contributed by atoms with Crippen LogP contribution in [-0.2, 0) is 19.6 Å². The van der Waals surface area contributed by atoms with Gasteiger partial charge in [0.15, 0.2) is 5.25 Å². The van der Waals surface area contributed by atoms with Crippen LogP contribution < -0.4 is 4.72 Å². The highest BCUT2D eigenvalue weighted by atomic mass is 32.2. The minimum absolute atomic E-state index is 0.172. The van der Waals surface area contributed by atoms with E-state index in [9.17, 15) is 18.3 Å². The molecule has 2 N–H and O–H groups in total. The van der Waals surface area contributed by atoms with E-state index in [1.165, 1.54) is 13.8 Å². The topological polar surface area (TPSA) is 95.9 Å². The molecule has 0 saturated heterocycles. The predicted molar refractivity (Wildman–Crippen MR) is 67.6 cm³/mol. The third-order valence-corrected chi connectivity index (χ3v) is 3.98. The van der Waals surface area contributed by atoms with E-state index in [2.05, 4.69) is 9.46 Å². The summed E-state index contributed by atoms with van der Waals surface area (Å²) in [6.45, 7) is 2.87. The molecule has 0 fully saturated rings. The van der Waals surface area contributed by atoms with Crippen LogP contribution in [0, 0.1) is 0 Å². The van der Waals surface area contributed by atoms with Gasteiger partial charge in [0.05, 0.1) is 12.7 Å². The van der Waals surface area contributed by atoms with Gasteiger partial charge in [0, 0.05) is 13.1 Å². The van der Waals surface area contributed by atoms with Crippen molar-refractivity contribution in [3.63, 3.8) is 0 Å². The molecule has 18 heavy (non-hydrogen) atoms. The number of aliphatic hydroxyl groups is 1. The number of sulfonamides is 1. The van der Waals surface area contributed by atoms with Gasteiger partial charge >= 0.3 is 5.97 Å². The monoisotopic (exact) mass is 282 g/mol. The highest BCUT2D eigenvalue weighted by Gasteiger charge is 2.31. The zero-order chi connectivity index (χ0) is 14.6. The van der Waals surface area contributed by atoms with Crippen molar-refractivity contribution in [2.45, 2.75) is 24.7 Å². The normalized spacial score (nSPS) is 17.3. The number of hydrogen-bond acceptors (Lipinski definition) is 6. The van der Waals surface area contributed by atoms with E-state index in [1.54, 1.807) is 19.0 Å². The maximum atomic E-state index is 11.7. The number of nitrogens with one attached hydrogen (secondary N) is 1. The Kier molecular flexibility index (Phi) is 6.21. The van der Waals surface area contributed by atoms with Crippen molar-refractivity contribution in [3.8, 4) is 0 Å². The quantitative estimate of drug-likeness (QED) is 0.568. The minimum atomic E-state index is -3.84. The van der Waals surface area contributed by atoms with E-state index in [-0.39, 0.29) is 6.54 Å². The molecule has 0 aromatic carbocycles. The zero-order valence-corrected chi connectivity index (χ0v) is 12.2. The Morgan fingerprint density at radius 2 is 2.00 bits per heavy atom. The van der Waals surface area contributed by atoms with Crippen LogP contribution >= 0.6 is 0 Å². The van der Waals surface area contributed by atoms with Gasteiger partial charge < -0.3 is 14.7 Å². The first-order valence-electron chi connectivity index (χ1n) is 5.45. The van der Waals surface area contributed by atoms with E-state index in [4.69, 9.17) is 0 Å². The Balaban J connectivity index is 4.57. The standard InChI is InChI=1S/C10H22N2O5S/c1-8(9(13)17-5)18(15,16)11-6-10(2,14)7-12(3)4/h8,11,14H,6-7H2,1-5H3. The van der Waals surface area contributed by atoms with Crippen molar-refractivity contribution in [3.05, 3.63) is 0 Å². The molecule has 108 valence electrons. The third-order valence-electron chi connectivity index (χ3n) is 2.31. The smallest absolute Gasteiger partial charge is 0.325 e. The van der Waals surface area contributed by atoms with Crippen LogP contribution in [-0.4, -0.2) is 69.5 Å². The first kappa shape index (κ1) is 17.3. The number of carbonyl (C=O) groups excluding carboxylic acids is 1. The number of rotatable bonds is 7. The molecule has 8 heteroatoms. The summed E-state index contributed by atoms with van der Waals surface area (Å²) < 4.78 is 30.0. The van der Waals surface area contributed by atoms with E-state index < -0.39 is 26.8 Å². The number of hydrogen-bond donors (Lipinski definition) is 2. The highest BCUT2D eigenvalue weighted by Crippen LogP contribution is 2.06. The van der Waals surface area contributed by atoms with Crippen LogP contribution in [0.3, 0.4) is 0 Å². The van der Waals surface area contributed by atoms with Crippen molar-refractivity contribution < 1.29 is 23.1 Å². The highest BCUT2D eigenvalue weighted by molar-refractivity contribution is 7.90. The van der Waals surface area contributed by atoms with Gasteiger partial charge in [-0.15, -0.1) is 0 Å². The Bertz CT molecular complexity index is 378. The lowest BCUT2D eigenvalue weighted by atomic mass is 10.1. The average Bonchev–Trinajstić information content (AvgIpc) is 2.23. The first-order valence-corrected chi connectivity index (χ1v) is 7.00. The van der Waals surface area contributed by atoms with E-state index in [0.29, 0.717) is 6.54 Å². The van der Waals surface area contributed by atoms with Crippen molar-refractivity contribution in [1.29, 1.82) is 0 Å².